The molecular formula is C24H23N2O7P. The summed E-state index contributed by atoms with van der Waals surface area (Å²) in [6.07, 6.45) is 1.78. The van der Waals surface area contributed by atoms with Crippen molar-refractivity contribution in [2.24, 2.45) is 0 Å². The van der Waals surface area contributed by atoms with Gasteiger partial charge in [0.25, 0.3) is 5.88 Å². The van der Waals surface area contributed by atoms with E-state index in [2.05, 4.69) is 4.98 Å². The van der Waals surface area contributed by atoms with E-state index in [-0.39, 0.29) is 28.9 Å². The molecule has 2 heterocycles. The summed E-state index contributed by atoms with van der Waals surface area (Å²) >= 11 is 0. The number of pyridine rings is 1. The second kappa shape index (κ2) is 9.49. The fraction of sp³-hybridized carbons (Fsp3) is 0.167. The van der Waals surface area contributed by atoms with E-state index >= 15 is 0 Å². The van der Waals surface area contributed by atoms with Crippen LogP contribution >= 0.6 is 7.82 Å². The average Bonchev–Trinajstić information content (AvgIpc) is 2.78. The second-order valence-electron chi connectivity index (χ2n) is 8.06. The molecule has 0 fully saturated rings. The van der Waals surface area contributed by atoms with Crippen LogP contribution in [0.5, 0.6) is 17.2 Å². The summed E-state index contributed by atoms with van der Waals surface area (Å²) < 4.78 is 41.9. The molecule has 1 aliphatic rings. The molecule has 1 aliphatic heterocycles. The van der Waals surface area contributed by atoms with Gasteiger partial charge in [-0.1, -0.05) is 36.4 Å². The number of anilines is 1. The Hall–Kier alpha value is -3.97. The highest BCUT2D eigenvalue weighted by molar-refractivity contribution is 7.49. The van der Waals surface area contributed by atoms with Gasteiger partial charge in [0.2, 0.25) is 0 Å². The summed E-state index contributed by atoms with van der Waals surface area (Å²) in [4.78, 5) is 18.3. The number of phosphoric acid groups is 1. The van der Waals surface area contributed by atoms with E-state index in [1.54, 1.807) is 93.6 Å². The first-order valence-corrected chi connectivity index (χ1v) is 11.8. The minimum atomic E-state index is -4.40. The van der Waals surface area contributed by atoms with Crippen molar-refractivity contribution in [3.8, 4) is 17.2 Å². The van der Waals surface area contributed by atoms with Gasteiger partial charge in [-0.25, -0.2) is 9.78 Å². The minimum Gasteiger partial charge on any atom is -0.455 e. The largest absolute Gasteiger partial charge is 0.648 e. The van der Waals surface area contributed by atoms with Crippen LogP contribution in [0.15, 0.2) is 91.1 Å². The van der Waals surface area contributed by atoms with Gasteiger partial charge in [-0.2, -0.15) is 9.46 Å². The molecule has 4 rings (SSSR count). The molecule has 10 heteroatoms. The molecule has 1 aromatic heterocycles. The zero-order valence-electron chi connectivity index (χ0n) is 18.8. The molecule has 9 nitrogen and oxygen atoms in total. The third kappa shape index (κ3) is 5.68. The SMILES string of the molecule is CC(C)(C)OC(=O)N1C(OP(=O)(Oc2ccccc2)Oc2ccccc2)=COc2cccnc21. The normalized spacial score (nSPS) is 13.1. The molecule has 0 atom stereocenters. The van der Waals surface area contributed by atoms with Crippen LogP contribution in [0, 0.1) is 0 Å². The Kier molecular flexibility index (Phi) is 6.47. The van der Waals surface area contributed by atoms with Crippen LogP contribution in [0.25, 0.3) is 0 Å². The molecule has 0 radical (unpaired) electrons. The monoisotopic (exact) mass is 482 g/mol. The summed E-state index contributed by atoms with van der Waals surface area (Å²) in [7, 11) is -4.40. The minimum absolute atomic E-state index is 0.0974. The number of carbonyl (C=O) groups excluding carboxylic acids is 1. The van der Waals surface area contributed by atoms with Crippen LogP contribution in [0.4, 0.5) is 10.6 Å². The van der Waals surface area contributed by atoms with Gasteiger partial charge >= 0.3 is 13.9 Å². The van der Waals surface area contributed by atoms with Gasteiger partial charge in [0.05, 0.1) is 0 Å². The van der Waals surface area contributed by atoms with Crippen molar-refractivity contribution in [2.45, 2.75) is 26.4 Å². The number of benzene rings is 2. The van der Waals surface area contributed by atoms with Crippen molar-refractivity contribution < 1.29 is 32.4 Å². The maximum atomic E-state index is 13.8. The molecule has 0 aliphatic carbocycles. The molecule has 0 saturated heterocycles. The van der Waals surface area contributed by atoms with Crippen molar-refractivity contribution in [2.75, 3.05) is 4.90 Å². The molecule has 0 bridgehead atoms. The zero-order valence-corrected chi connectivity index (χ0v) is 19.7. The number of carbonyl (C=O) groups is 1. The number of nitrogens with zero attached hydrogens (tertiary/aromatic N) is 2. The van der Waals surface area contributed by atoms with E-state index in [4.69, 9.17) is 23.0 Å². The first kappa shape index (κ1) is 23.2. The highest BCUT2D eigenvalue weighted by Crippen LogP contribution is 2.53. The Morgan fingerprint density at radius 2 is 1.47 bits per heavy atom. The summed E-state index contributed by atoms with van der Waals surface area (Å²) in [6.45, 7) is 5.16. The third-order valence-corrected chi connectivity index (χ3v) is 5.45. The van der Waals surface area contributed by atoms with E-state index in [0.29, 0.717) is 0 Å². The summed E-state index contributed by atoms with van der Waals surface area (Å²) in [6, 6.07) is 20.0. The van der Waals surface area contributed by atoms with Gasteiger partial charge in [0.15, 0.2) is 17.8 Å². The molecule has 176 valence electrons. The van der Waals surface area contributed by atoms with Crippen molar-refractivity contribution in [3.05, 3.63) is 91.1 Å². The molecule has 0 unspecified atom stereocenters. The van der Waals surface area contributed by atoms with Crippen molar-refractivity contribution in [1.29, 1.82) is 0 Å². The van der Waals surface area contributed by atoms with Crippen molar-refractivity contribution >= 4 is 19.7 Å². The number of rotatable bonds is 6. The summed E-state index contributed by atoms with van der Waals surface area (Å²) in [5, 5.41) is 0. The van der Waals surface area contributed by atoms with Crippen LogP contribution in [0.1, 0.15) is 20.8 Å². The van der Waals surface area contributed by atoms with Crippen molar-refractivity contribution in [3.63, 3.8) is 0 Å². The van der Waals surface area contributed by atoms with Crippen LogP contribution in [-0.4, -0.2) is 16.7 Å². The number of amides is 1. The zero-order chi connectivity index (χ0) is 24.2. The number of fused-ring (bicyclic) bond motifs is 1. The van der Waals surface area contributed by atoms with Gasteiger partial charge in [0, 0.05) is 6.20 Å². The lowest BCUT2D eigenvalue weighted by atomic mass is 10.2. The molecule has 2 aromatic carbocycles. The number of para-hydroxylation sites is 2. The van der Waals surface area contributed by atoms with Gasteiger partial charge < -0.3 is 23.0 Å². The number of hydrogen-bond donors (Lipinski definition) is 0. The highest BCUT2D eigenvalue weighted by Gasteiger charge is 2.41. The Balaban J connectivity index is 1.70. The predicted octanol–water partition coefficient (Wildman–Crippen LogP) is 6.30. The van der Waals surface area contributed by atoms with E-state index in [9.17, 15) is 9.36 Å². The van der Waals surface area contributed by atoms with Gasteiger partial charge in [0.1, 0.15) is 17.1 Å². The quantitative estimate of drug-likeness (QED) is 0.378. The number of ether oxygens (including phenoxy) is 2. The van der Waals surface area contributed by atoms with Crippen LogP contribution in [-0.2, 0) is 13.8 Å². The fourth-order valence-corrected chi connectivity index (χ4v) is 4.08. The first-order chi connectivity index (χ1) is 16.2. The van der Waals surface area contributed by atoms with E-state index in [1.165, 1.54) is 6.20 Å². The lowest BCUT2D eigenvalue weighted by Crippen LogP contribution is -2.39. The fourth-order valence-electron chi connectivity index (χ4n) is 2.85. The highest BCUT2D eigenvalue weighted by atomic mass is 31.2. The molecule has 34 heavy (non-hydrogen) atoms. The smallest absolute Gasteiger partial charge is 0.455 e. The topological polar surface area (TPSA) is 96.4 Å². The molecule has 0 saturated carbocycles. The summed E-state index contributed by atoms with van der Waals surface area (Å²) in [5.41, 5.74) is -0.819. The molecular weight excluding hydrogens is 459 g/mol. The molecule has 3 aromatic rings. The number of aromatic nitrogens is 1. The lowest BCUT2D eigenvalue weighted by Gasteiger charge is -2.31. The van der Waals surface area contributed by atoms with Crippen LogP contribution < -0.4 is 18.7 Å². The predicted molar refractivity (Wildman–Crippen MR) is 124 cm³/mol. The van der Waals surface area contributed by atoms with Gasteiger partial charge in [-0.15, -0.1) is 0 Å². The third-order valence-electron chi connectivity index (χ3n) is 4.17. The summed E-state index contributed by atoms with van der Waals surface area (Å²) in [5.74, 6) is 0.572. The van der Waals surface area contributed by atoms with E-state index < -0.39 is 19.5 Å². The Morgan fingerprint density at radius 3 is 2.03 bits per heavy atom. The maximum Gasteiger partial charge on any atom is 0.648 e. The lowest BCUT2D eigenvalue weighted by molar-refractivity contribution is 0.0568. The number of phosphoric ester groups is 1. The van der Waals surface area contributed by atoms with Crippen LogP contribution in [0.3, 0.4) is 0 Å². The maximum absolute atomic E-state index is 13.8. The van der Waals surface area contributed by atoms with Crippen LogP contribution in [0.2, 0.25) is 0 Å². The second-order valence-corrected chi connectivity index (χ2v) is 9.50. The Labute approximate surface area is 197 Å². The van der Waals surface area contributed by atoms with E-state index in [0.717, 1.165) is 11.2 Å². The standard InChI is InChI=1S/C24H23N2O7P/c1-24(2,3)30-23(27)26-21(17-29-20-15-10-16-25-22(20)26)33-34(28,31-18-11-6-4-7-12-18)32-19-13-8-5-9-14-19/h4-17H,1-3H3. The molecule has 0 N–H and O–H groups in total. The first-order valence-electron chi connectivity index (χ1n) is 10.4. The Morgan fingerprint density at radius 1 is 0.882 bits per heavy atom. The van der Waals surface area contributed by atoms with Crippen molar-refractivity contribution in [1.82, 2.24) is 4.98 Å². The van der Waals surface area contributed by atoms with Gasteiger partial charge in [-0.3, -0.25) is 0 Å². The van der Waals surface area contributed by atoms with E-state index in [1.807, 2.05) is 0 Å². The Bertz CT molecular complexity index is 1180. The molecule has 0 spiro atoms. The number of hydrogen-bond acceptors (Lipinski definition) is 8. The van der Waals surface area contributed by atoms with Gasteiger partial charge in [-0.05, 0) is 57.2 Å². The average molecular weight is 482 g/mol. The molecule has 1 amide bonds.